The Bertz CT molecular complexity index is 178. The Morgan fingerprint density at radius 1 is 1.36 bits per heavy atom. The van der Waals surface area contributed by atoms with Gasteiger partial charge in [-0.05, 0) is 12.8 Å². The van der Waals surface area contributed by atoms with Crippen molar-refractivity contribution in [3.05, 3.63) is 0 Å². The van der Waals surface area contributed by atoms with Crippen LogP contribution in [0.4, 0.5) is 13.2 Å². The summed E-state index contributed by atoms with van der Waals surface area (Å²) in [5.74, 6) is -3.01. The van der Waals surface area contributed by atoms with Crippen molar-refractivity contribution in [2.75, 3.05) is 19.8 Å². The number of carboxylic acid groups (broad SMARTS) is 1. The number of carbonyl (C=O) groups excluding carboxylic acids is 1. The molecule has 0 aromatic heterocycles. The Morgan fingerprint density at radius 2 is 1.71 bits per heavy atom. The second kappa shape index (κ2) is 5.82. The van der Waals surface area contributed by atoms with Gasteiger partial charge in [-0.15, -0.1) is 0 Å². The van der Waals surface area contributed by atoms with Gasteiger partial charge >= 0.3 is 6.18 Å². The molecular weight excluding hydrogens is 201 g/mol. The predicted octanol–water partition coefficient (Wildman–Crippen LogP) is -1.42. The van der Waals surface area contributed by atoms with Crippen LogP contribution in [0.15, 0.2) is 0 Å². The van der Waals surface area contributed by atoms with Crippen molar-refractivity contribution in [1.29, 1.82) is 0 Å². The highest BCUT2D eigenvalue weighted by molar-refractivity contribution is 5.70. The zero-order valence-corrected chi connectivity index (χ0v) is 7.64. The molecule has 0 atom stereocenters. The molecule has 0 saturated carbocycles. The average molecular weight is 214 g/mol. The lowest BCUT2D eigenvalue weighted by molar-refractivity contribution is -0.399. The van der Waals surface area contributed by atoms with Crippen LogP contribution in [0.3, 0.4) is 0 Å². The van der Waals surface area contributed by atoms with Crippen molar-refractivity contribution in [3.8, 4) is 0 Å². The molecule has 1 heterocycles. The largest absolute Gasteiger partial charge is 0.542 e. The molecule has 7 heteroatoms. The van der Waals surface area contributed by atoms with E-state index in [-0.39, 0.29) is 0 Å². The lowest BCUT2D eigenvalue weighted by Crippen LogP contribution is -2.57. The molecule has 0 aromatic rings. The fraction of sp³-hybridized carbons (Fsp3) is 0.857. The minimum atomic E-state index is -5.19. The van der Waals surface area contributed by atoms with Gasteiger partial charge in [0.05, 0.1) is 0 Å². The number of alkyl halides is 3. The summed E-state index contributed by atoms with van der Waals surface area (Å²) in [5, 5.41) is 8.78. The maximum Gasteiger partial charge on any atom is 0.430 e. The van der Waals surface area contributed by atoms with E-state index in [4.69, 9.17) is 9.90 Å². The molecule has 3 N–H and O–H groups in total. The van der Waals surface area contributed by atoms with Crippen molar-refractivity contribution in [2.45, 2.75) is 19.0 Å². The van der Waals surface area contributed by atoms with E-state index >= 15 is 0 Å². The van der Waals surface area contributed by atoms with E-state index < -0.39 is 12.1 Å². The average Bonchev–Trinajstić information content (AvgIpc) is 2.54. The molecule has 0 spiro atoms. The van der Waals surface area contributed by atoms with Gasteiger partial charge in [-0.2, -0.15) is 13.2 Å². The van der Waals surface area contributed by atoms with E-state index in [0.717, 1.165) is 6.67 Å². The molecule has 4 nitrogen and oxygen atoms in total. The molecule has 0 bridgehead atoms. The van der Waals surface area contributed by atoms with Gasteiger partial charge < -0.3 is 15.6 Å². The van der Waals surface area contributed by atoms with Crippen molar-refractivity contribution in [2.24, 2.45) is 0 Å². The summed E-state index contributed by atoms with van der Waals surface area (Å²) in [6.07, 6.45) is -2.43. The highest BCUT2D eigenvalue weighted by Gasteiger charge is 2.28. The topological polar surface area (TPSA) is 71.0 Å². The Labute approximate surface area is 79.5 Å². The number of nitrogens with zero attached hydrogens (tertiary/aromatic N) is 1. The van der Waals surface area contributed by atoms with Crippen LogP contribution in [-0.2, 0) is 4.79 Å². The molecule has 0 unspecified atom stereocenters. The van der Waals surface area contributed by atoms with Crippen molar-refractivity contribution in [3.63, 3.8) is 0 Å². The minimum Gasteiger partial charge on any atom is -0.542 e. The lowest BCUT2D eigenvalue weighted by atomic mass is 10.4. The standard InChI is InChI=1S/C5H12N2.C2HF3O2/c6-5-7-3-1-2-4-7;3-2(4,5)1(6)7/h1-6H2;(H,6,7). The van der Waals surface area contributed by atoms with Gasteiger partial charge in [-0.25, -0.2) is 0 Å². The van der Waals surface area contributed by atoms with E-state index in [1.165, 1.54) is 25.9 Å². The number of quaternary nitrogens is 1. The summed E-state index contributed by atoms with van der Waals surface area (Å²) in [5.41, 5.74) is 3.79. The maximum absolute atomic E-state index is 10.5. The van der Waals surface area contributed by atoms with Crippen LogP contribution in [0.2, 0.25) is 0 Å². The Balaban J connectivity index is 0.000000241. The lowest BCUT2D eigenvalue weighted by Gasteiger charge is -2.05. The number of aliphatic carboxylic acids is 1. The second-order valence-corrected chi connectivity index (χ2v) is 2.83. The van der Waals surface area contributed by atoms with Crippen LogP contribution in [0.5, 0.6) is 0 Å². The first-order chi connectivity index (χ1) is 6.38. The number of hydrogen-bond donors (Lipinski definition) is 1. The second-order valence-electron chi connectivity index (χ2n) is 2.83. The summed E-state index contributed by atoms with van der Waals surface area (Å²) in [4.78, 5) is 11.2. The first-order valence-corrected chi connectivity index (χ1v) is 4.17. The number of likely N-dealkylation sites (tertiary alicyclic amines) is 1. The number of carbonyl (C=O) groups is 1. The van der Waals surface area contributed by atoms with Crippen molar-refractivity contribution in [1.82, 2.24) is 4.90 Å². The van der Waals surface area contributed by atoms with E-state index in [1.54, 1.807) is 0 Å². The van der Waals surface area contributed by atoms with Crippen LogP contribution in [-0.4, -0.2) is 36.8 Å². The van der Waals surface area contributed by atoms with Gasteiger partial charge in [0.15, 0.2) is 0 Å². The SMILES string of the molecule is O=C([O-])C(F)(F)F.[NH3+]CN1CCCC1. The zero-order chi connectivity index (χ0) is 11.2. The fourth-order valence-electron chi connectivity index (χ4n) is 1.01. The van der Waals surface area contributed by atoms with Crippen LogP contribution >= 0.6 is 0 Å². The summed E-state index contributed by atoms with van der Waals surface area (Å²) in [6.45, 7) is 3.56. The third-order valence-electron chi connectivity index (χ3n) is 1.75. The fourth-order valence-corrected chi connectivity index (χ4v) is 1.01. The smallest absolute Gasteiger partial charge is 0.430 e. The molecule has 1 saturated heterocycles. The van der Waals surface area contributed by atoms with Gasteiger partial charge in [0.1, 0.15) is 12.6 Å². The van der Waals surface area contributed by atoms with Gasteiger partial charge in [0.2, 0.25) is 0 Å². The molecule has 1 aliphatic heterocycles. The number of carboxylic acids is 1. The monoisotopic (exact) mass is 214 g/mol. The molecule has 84 valence electrons. The molecule has 0 amide bonds. The Hall–Kier alpha value is -0.820. The van der Waals surface area contributed by atoms with Crippen molar-refractivity contribution >= 4 is 5.97 Å². The third-order valence-corrected chi connectivity index (χ3v) is 1.75. The van der Waals surface area contributed by atoms with Gasteiger partial charge in [-0.3, -0.25) is 4.90 Å². The van der Waals surface area contributed by atoms with Crippen LogP contribution in [0.1, 0.15) is 12.8 Å². The third kappa shape index (κ3) is 5.76. The van der Waals surface area contributed by atoms with Gasteiger partial charge in [0.25, 0.3) is 0 Å². The number of hydrogen-bond acceptors (Lipinski definition) is 3. The molecule has 1 rings (SSSR count). The van der Waals surface area contributed by atoms with Gasteiger partial charge in [0, 0.05) is 13.1 Å². The highest BCUT2D eigenvalue weighted by atomic mass is 19.4. The summed E-state index contributed by atoms with van der Waals surface area (Å²) in [6, 6.07) is 0. The number of halogens is 3. The first kappa shape index (κ1) is 13.2. The zero-order valence-electron chi connectivity index (χ0n) is 7.64. The highest BCUT2D eigenvalue weighted by Crippen LogP contribution is 2.11. The first-order valence-electron chi connectivity index (χ1n) is 4.17. The Kier molecular flexibility index (Phi) is 5.47. The minimum absolute atomic E-state index is 1.00. The summed E-state index contributed by atoms with van der Waals surface area (Å²) < 4.78 is 31.5. The molecular formula is C7H13F3N2O2. The molecule has 0 aliphatic carbocycles. The quantitative estimate of drug-likeness (QED) is 0.582. The normalized spacial score (nSPS) is 17.4. The van der Waals surface area contributed by atoms with Gasteiger partial charge in [-0.1, -0.05) is 0 Å². The molecule has 1 aliphatic rings. The van der Waals surface area contributed by atoms with E-state index in [9.17, 15) is 13.2 Å². The molecule has 1 fully saturated rings. The summed E-state index contributed by atoms with van der Waals surface area (Å²) in [7, 11) is 0. The molecule has 14 heavy (non-hydrogen) atoms. The number of rotatable bonds is 1. The molecule has 0 radical (unpaired) electrons. The molecule has 0 aromatic carbocycles. The maximum atomic E-state index is 10.5. The van der Waals surface area contributed by atoms with E-state index in [2.05, 4.69) is 10.6 Å². The van der Waals surface area contributed by atoms with E-state index in [1.807, 2.05) is 0 Å². The Morgan fingerprint density at radius 3 is 1.86 bits per heavy atom. The summed E-state index contributed by atoms with van der Waals surface area (Å²) >= 11 is 0. The predicted molar refractivity (Wildman–Crippen MR) is 39.6 cm³/mol. The van der Waals surface area contributed by atoms with Crippen LogP contribution in [0, 0.1) is 0 Å². The van der Waals surface area contributed by atoms with Crippen LogP contribution < -0.4 is 10.8 Å². The van der Waals surface area contributed by atoms with E-state index in [0.29, 0.717) is 0 Å². The van der Waals surface area contributed by atoms with Crippen LogP contribution in [0.25, 0.3) is 0 Å². The van der Waals surface area contributed by atoms with Crippen molar-refractivity contribution < 1.29 is 28.8 Å².